The lowest BCUT2D eigenvalue weighted by atomic mass is 10.1. The number of hydrazone groups is 1. The van der Waals surface area contributed by atoms with E-state index in [-0.39, 0.29) is 0 Å². The second-order valence-corrected chi connectivity index (χ2v) is 6.47. The summed E-state index contributed by atoms with van der Waals surface area (Å²) in [7, 11) is 0. The molecule has 2 aromatic heterocycles. The minimum atomic E-state index is 1.01. The summed E-state index contributed by atoms with van der Waals surface area (Å²) in [5.74, 6) is 5.31. The molecule has 1 aliphatic rings. The number of hydrogen-bond donors (Lipinski definition) is 1. The van der Waals surface area contributed by atoms with E-state index in [2.05, 4.69) is 21.4 Å². The number of anilines is 1. The lowest BCUT2D eigenvalue weighted by Crippen LogP contribution is -2.29. The van der Waals surface area contributed by atoms with Gasteiger partial charge < -0.3 is 10.7 Å². The van der Waals surface area contributed by atoms with Gasteiger partial charge in [-0.15, -0.1) is 11.3 Å². The molecule has 0 saturated carbocycles. The molecule has 1 aliphatic heterocycles. The second-order valence-electron chi connectivity index (χ2n) is 4.51. The summed E-state index contributed by atoms with van der Waals surface area (Å²) in [6, 6.07) is 4.14. The van der Waals surface area contributed by atoms with Crippen molar-refractivity contribution in [1.29, 1.82) is 0 Å². The summed E-state index contributed by atoms with van der Waals surface area (Å²) in [5.41, 5.74) is 1.01. The number of hydrogen-bond acceptors (Lipinski definition) is 6. The lowest BCUT2D eigenvalue weighted by Gasteiger charge is -2.25. The maximum absolute atomic E-state index is 5.31. The molecule has 1 fully saturated rings. The fourth-order valence-corrected chi connectivity index (χ4v) is 4.09. The average Bonchev–Trinajstić information content (AvgIpc) is 3.09. The molecule has 0 atom stereocenters. The SMILES string of the molecule is N/N=C\c1sc(N2CCCCC2)nc1-c1cccs1. The fourth-order valence-electron chi connectivity index (χ4n) is 2.29. The van der Waals surface area contributed by atoms with Crippen molar-refractivity contribution in [3.8, 4) is 10.6 Å². The first-order chi connectivity index (χ1) is 9.38. The molecule has 0 bridgehead atoms. The van der Waals surface area contributed by atoms with Crippen LogP contribution >= 0.6 is 22.7 Å². The number of aromatic nitrogens is 1. The topological polar surface area (TPSA) is 54.5 Å². The third kappa shape index (κ3) is 2.64. The van der Waals surface area contributed by atoms with Crippen molar-refractivity contribution in [2.75, 3.05) is 18.0 Å². The largest absolute Gasteiger partial charge is 0.348 e. The molecule has 3 rings (SSSR count). The predicted octanol–water partition coefficient (Wildman–Crippen LogP) is 3.15. The van der Waals surface area contributed by atoms with Gasteiger partial charge in [0.05, 0.1) is 16.0 Å². The molecule has 0 amide bonds. The highest BCUT2D eigenvalue weighted by Gasteiger charge is 2.18. The summed E-state index contributed by atoms with van der Waals surface area (Å²) >= 11 is 3.38. The Morgan fingerprint density at radius 2 is 2.16 bits per heavy atom. The van der Waals surface area contributed by atoms with Gasteiger partial charge in [-0.2, -0.15) is 5.10 Å². The average molecular weight is 292 g/mol. The number of thiazole rings is 1. The first-order valence-corrected chi connectivity index (χ1v) is 8.11. The van der Waals surface area contributed by atoms with E-state index >= 15 is 0 Å². The Hall–Kier alpha value is -1.40. The van der Waals surface area contributed by atoms with Crippen molar-refractivity contribution in [1.82, 2.24) is 4.98 Å². The number of rotatable bonds is 3. The van der Waals surface area contributed by atoms with E-state index in [1.165, 1.54) is 24.1 Å². The maximum atomic E-state index is 5.31. The molecular formula is C13H16N4S2. The van der Waals surface area contributed by atoms with Gasteiger partial charge >= 0.3 is 0 Å². The molecule has 0 spiro atoms. The van der Waals surface area contributed by atoms with E-state index in [9.17, 15) is 0 Å². The van der Waals surface area contributed by atoms with E-state index in [0.29, 0.717) is 0 Å². The van der Waals surface area contributed by atoms with Crippen LogP contribution in [0.4, 0.5) is 5.13 Å². The van der Waals surface area contributed by atoms with Gasteiger partial charge in [0, 0.05) is 13.1 Å². The van der Waals surface area contributed by atoms with Crippen LogP contribution in [0.3, 0.4) is 0 Å². The quantitative estimate of drug-likeness (QED) is 0.537. The molecule has 0 radical (unpaired) electrons. The van der Waals surface area contributed by atoms with Crippen molar-refractivity contribution >= 4 is 34.0 Å². The molecule has 0 unspecified atom stereocenters. The lowest BCUT2D eigenvalue weighted by molar-refractivity contribution is 0.577. The van der Waals surface area contributed by atoms with Crippen molar-refractivity contribution in [3.05, 3.63) is 22.4 Å². The van der Waals surface area contributed by atoms with Crippen LogP contribution < -0.4 is 10.7 Å². The van der Waals surface area contributed by atoms with Crippen molar-refractivity contribution in [2.24, 2.45) is 10.9 Å². The van der Waals surface area contributed by atoms with Crippen LogP contribution in [0.25, 0.3) is 10.6 Å². The second kappa shape index (κ2) is 5.71. The summed E-state index contributed by atoms with van der Waals surface area (Å²) in [6.07, 6.45) is 5.55. The van der Waals surface area contributed by atoms with Crippen molar-refractivity contribution in [3.63, 3.8) is 0 Å². The van der Waals surface area contributed by atoms with Gasteiger partial charge in [0.1, 0.15) is 5.69 Å². The standard InChI is InChI=1S/C13H16N4S2/c14-15-9-11-12(10-5-4-8-18-10)16-13(19-11)17-6-2-1-3-7-17/h4-5,8-9H,1-3,6-7,14H2/b15-9-. The monoisotopic (exact) mass is 292 g/mol. The summed E-state index contributed by atoms with van der Waals surface area (Å²) in [5, 5.41) is 6.83. The Morgan fingerprint density at radius 3 is 2.84 bits per heavy atom. The van der Waals surface area contributed by atoms with E-state index in [4.69, 9.17) is 10.8 Å². The molecule has 2 aromatic rings. The third-order valence-corrected chi connectivity index (χ3v) is 5.14. The zero-order chi connectivity index (χ0) is 13.1. The van der Waals surface area contributed by atoms with E-state index in [0.717, 1.165) is 28.8 Å². The van der Waals surface area contributed by atoms with Crippen molar-refractivity contribution < 1.29 is 0 Å². The Bertz CT molecular complexity index is 553. The molecule has 2 N–H and O–H groups in total. The number of nitrogens with two attached hydrogens (primary N) is 1. The normalized spacial score (nSPS) is 16.3. The van der Waals surface area contributed by atoms with E-state index in [1.807, 2.05) is 6.07 Å². The fraction of sp³-hybridized carbons (Fsp3) is 0.385. The summed E-state index contributed by atoms with van der Waals surface area (Å²) in [4.78, 5) is 9.40. The molecule has 4 nitrogen and oxygen atoms in total. The molecule has 1 saturated heterocycles. The molecule has 0 aliphatic carbocycles. The van der Waals surface area contributed by atoms with E-state index in [1.54, 1.807) is 28.9 Å². The molecular weight excluding hydrogens is 276 g/mol. The number of piperidine rings is 1. The zero-order valence-electron chi connectivity index (χ0n) is 10.6. The first-order valence-electron chi connectivity index (χ1n) is 6.41. The van der Waals surface area contributed by atoms with Gasteiger partial charge in [-0.1, -0.05) is 17.4 Å². The van der Waals surface area contributed by atoms with Crippen LogP contribution in [0, 0.1) is 0 Å². The van der Waals surface area contributed by atoms with Crippen LogP contribution in [0.15, 0.2) is 22.6 Å². The molecule has 6 heteroatoms. The minimum Gasteiger partial charge on any atom is -0.348 e. The highest BCUT2D eigenvalue weighted by Crippen LogP contribution is 2.35. The van der Waals surface area contributed by atoms with Gasteiger partial charge in [0.2, 0.25) is 0 Å². The van der Waals surface area contributed by atoms with Gasteiger partial charge in [0.25, 0.3) is 0 Å². The molecule has 0 aromatic carbocycles. The molecule has 3 heterocycles. The van der Waals surface area contributed by atoms with Gasteiger partial charge in [-0.05, 0) is 30.7 Å². The summed E-state index contributed by atoms with van der Waals surface area (Å²) < 4.78 is 0. The maximum Gasteiger partial charge on any atom is 0.186 e. The van der Waals surface area contributed by atoms with E-state index < -0.39 is 0 Å². The van der Waals surface area contributed by atoms with Crippen LogP contribution in [-0.2, 0) is 0 Å². The third-order valence-electron chi connectivity index (χ3n) is 3.22. The highest BCUT2D eigenvalue weighted by molar-refractivity contribution is 7.18. The van der Waals surface area contributed by atoms with Crippen LogP contribution in [-0.4, -0.2) is 24.3 Å². The predicted molar refractivity (Wildman–Crippen MR) is 83.3 cm³/mol. The Kier molecular flexibility index (Phi) is 3.79. The van der Waals surface area contributed by atoms with Crippen LogP contribution in [0.5, 0.6) is 0 Å². The minimum absolute atomic E-state index is 1.01. The summed E-state index contributed by atoms with van der Waals surface area (Å²) in [6.45, 7) is 2.22. The van der Waals surface area contributed by atoms with Gasteiger partial charge in [0.15, 0.2) is 5.13 Å². The van der Waals surface area contributed by atoms with Gasteiger partial charge in [-0.3, -0.25) is 0 Å². The van der Waals surface area contributed by atoms with Crippen molar-refractivity contribution in [2.45, 2.75) is 19.3 Å². The Balaban J connectivity index is 1.96. The Morgan fingerprint density at radius 1 is 1.32 bits per heavy atom. The smallest absolute Gasteiger partial charge is 0.186 e. The number of nitrogens with zero attached hydrogens (tertiary/aromatic N) is 3. The molecule has 19 heavy (non-hydrogen) atoms. The van der Waals surface area contributed by atoms with Gasteiger partial charge in [-0.25, -0.2) is 4.98 Å². The highest BCUT2D eigenvalue weighted by atomic mass is 32.1. The zero-order valence-corrected chi connectivity index (χ0v) is 12.2. The van der Waals surface area contributed by atoms with Crippen LogP contribution in [0.2, 0.25) is 0 Å². The first kappa shape index (κ1) is 12.6. The van der Waals surface area contributed by atoms with Crippen LogP contribution in [0.1, 0.15) is 24.1 Å². The number of thiophene rings is 1. The Labute approximate surface area is 120 Å². The molecule has 100 valence electrons.